The summed E-state index contributed by atoms with van der Waals surface area (Å²) in [7, 11) is -4.37. The summed E-state index contributed by atoms with van der Waals surface area (Å²) >= 11 is 0. The fraction of sp³-hybridized carbons (Fsp3) is 0.797. The van der Waals surface area contributed by atoms with E-state index in [1.54, 1.807) is 0 Å². The van der Waals surface area contributed by atoms with Gasteiger partial charge >= 0.3 is 19.8 Å². The van der Waals surface area contributed by atoms with Gasteiger partial charge in [0.2, 0.25) is 0 Å². The number of hydrogen-bond acceptors (Lipinski definition) is 8. The summed E-state index contributed by atoms with van der Waals surface area (Å²) in [5.41, 5.74) is 5.36. The number of carbonyl (C=O) groups is 2. The van der Waals surface area contributed by atoms with Crippen LogP contribution in [0.15, 0.2) is 60.8 Å². The molecular formula is C59H108NO8P. The first-order valence-electron chi connectivity index (χ1n) is 28.8. The Kier molecular flexibility index (Phi) is 53.2. The summed E-state index contributed by atoms with van der Waals surface area (Å²) in [6.45, 7) is 3.62. The van der Waals surface area contributed by atoms with Crippen LogP contribution in [0.5, 0.6) is 0 Å². The van der Waals surface area contributed by atoms with Gasteiger partial charge in [-0.25, -0.2) is 4.57 Å². The van der Waals surface area contributed by atoms with E-state index in [0.29, 0.717) is 6.42 Å². The number of phosphoric ester groups is 1. The summed E-state index contributed by atoms with van der Waals surface area (Å²) in [6, 6.07) is 0. The monoisotopic (exact) mass is 990 g/mol. The van der Waals surface area contributed by atoms with Gasteiger partial charge in [-0.15, -0.1) is 0 Å². The molecule has 2 unspecified atom stereocenters. The molecule has 3 N–H and O–H groups in total. The highest BCUT2D eigenvalue weighted by atomic mass is 31.2. The molecule has 0 heterocycles. The van der Waals surface area contributed by atoms with Crippen molar-refractivity contribution in [3.63, 3.8) is 0 Å². The molecule has 0 aliphatic heterocycles. The van der Waals surface area contributed by atoms with Crippen LogP contribution in [-0.2, 0) is 32.7 Å². The molecule has 0 spiro atoms. The Balaban J connectivity index is 3.71. The van der Waals surface area contributed by atoms with Crippen molar-refractivity contribution in [1.82, 2.24) is 0 Å². The highest BCUT2D eigenvalue weighted by molar-refractivity contribution is 7.47. The normalized spacial score (nSPS) is 13.5. The van der Waals surface area contributed by atoms with E-state index in [0.717, 1.165) is 64.2 Å². The molecule has 0 aromatic carbocycles. The number of hydrogen-bond donors (Lipinski definition) is 2. The van der Waals surface area contributed by atoms with Gasteiger partial charge in [-0.1, -0.05) is 261 Å². The minimum absolute atomic E-state index is 0.0551. The molecule has 0 aliphatic rings. The maximum absolute atomic E-state index is 12.6. The predicted octanol–water partition coefficient (Wildman–Crippen LogP) is 18.0. The fourth-order valence-corrected chi connectivity index (χ4v) is 8.96. The molecular weight excluding hydrogens is 882 g/mol. The van der Waals surface area contributed by atoms with E-state index in [-0.39, 0.29) is 38.6 Å². The lowest BCUT2D eigenvalue weighted by Gasteiger charge is -2.19. The average molecular weight is 990 g/mol. The Hall–Kier alpha value is -2.29. The molecule has 0 bridgehead atoms. The number of allylic oxidation sites excluding steroid dienone is 10. The maximum Gasteiger partial charge on any atom is 0.472 e. The number of ether oxygens (including phenoxy) is 2. The minimum atomic E-state index is -4.37. The molecule has 0 radical (unpaired) electrons. The lowest BCUT2D eigenvalue weighted by Crippen LogP contribution is -2.29. The number of rotatable bonds is 54. The van der Waals surface area contributed by atoms with Crippen LogP contribution in [0.3, 0.4) is 0 Å². The van der Waals surface area contributed by atoms with Crippen molar-refractivity contribution in [2.45, 2.75) is 277 Å². The first-order chi connectivity index (χ1) is 33.8. The van der Waals surface area contributed by atoms with Crippen molar-refractivity contribution in [3.8, 4) is 0 Å². The molecule has 2 atom stereocenters. The van der Waals surface area contributed by atoms with E-state index in [9.17, 15) is 19.0 Å². The number of nitrogens with two attached hydrogens (primary N) is 1. The number of carbonyl (C=O) groups excluding carboxylic acids is 2. The second kappa shape index (κ2) is 55.0. The van der Waals surface area contributed by atoms with E-state index in [1.165, 1.54) is 173 Å². The molecule has 0 aromatic heterocycles. The second-order valence-electron chi connectivity index (χ2n) is 19.1. The topological polar surface area (TPSA) is 134 Å². The van der Waals surface area contributed by atoms with Crippen molar-refractivity contribution in [1.29, 1.82) is 0 Å². The van der Waals surface area contributed by atoms with Crippen molar-refractivity contribution in [3.05, 3.63) is 60.8 Å². The van der Waals surface area contributed by atoms with Crippen LogP contribution in [0, 0.1) is 0 Å². The predicted molar refractivity (Wildman–Crippen MR) is 293 cm³/mol. The Morgan fingerprint density at radius 3 is 1.19 bits per heavy atom. The largest absolute Gasteiger partial charge is 0.472 e. The van der Waals surface area contributed by atoms with Crippen LogP contribution in [-0.4, -0.2) is 49.3 Å². The highest BCUT2D eigenvalue weighted by Gasteiger charge is 2.26. The molecule has 69 heavy (non-hydrogen) atoms. The molecule has 0 amide bonds. The summed E-state index contributed by atoms with van der Waals surface area (Å²) < 4.78 is 32.8. The zero-order valence-corrected chi connectivity index (χ0v) is 45.7. The molecule has 402 valence electrons. The van der Waals surface area contributed by atoms with Crippen LogP contribution < -0.4 is 5.73 Å². The SMILES string of the molecule is CC/C=C\C/C=C\C/C=C\C/C=C\C/C=C\CCCCCCCCCCCCCCCCCCCCCCCCCC(=O)OC(COC(=O)CCCCCCCCCCC)COP(=O)(O)OCCN. The third kappa shape index (κ3) is 54.9. The molecule has 0 saturated carbocycles. The van der Waals surface area contributed by atoms with E-state index in [4.69, 9.17) is 24.3 Å². The van der Waals surface area contributed by atoms with E-state index < -0.39 is 26.5 Å². The van der Waals surface area contributed by atoms with Gasteiger partial charge in [0.25, 0.3) is 0 Å². The second-order valence-corrected chi connectivity index (χ2v) is 20.6. The zero-order chi connectivity index (χ0) is 50.2. The van der Waals surface area contributed by atoms with Gasteiger partial charge in [0.15, 0.2) is 6.10 Å². The van der Waals surface area contributed by atoms with Crippen molar-refractivity contribution in [2.75, 3.05) is 26.4 Å². The zero-order valence-electron chi connectivity index (χ0n) is 44.8. The lowest BCUT2D eigenvalue weighted by atomic mass is 10.0. The number of unbranched alkanes of at least 4 members (excludes halogenated alkanes) is 31. The molecule has 0 rings (SSSR count). The molecule has 9 nitrogen and oxygen atoms in total. The molecule has 0 fully saturated rings. The minimum Gasteiger partial charge on any atom is -0.462 e. The van der Waals surface area contributed by atoms with Crippen molar-refractivity contribution < 1.29 is 37.6 Å². The summed E-state index contributed by atoms with van der Waals surface area (Å²) in [6.07, 6.45) is 68.9. The van der Waals surface area contributed by atoms with Gasteiger partial charge in [-0.3, -0.25) is 18.6 Å². The van der Waals surface area contributed by atoms with Gasteiger partial charge < -0.3 is 20.1 Å². The van der Waals surface area contributed by atoms with Crippen molar-refractivity contribution >= 4 is 19.8 Å². The Morgan fingerprint density at radius 1 is 0.449 bits per heavy atom. The quantitative estimate of drug-likeness (QED) is 0.0264. The third-order valence-electron chi connectivity index (χ3n) is 12.4. The van der Waals surface area contributed by atoms with Gasteiger partial charge in [0.1, 0.15) is 6.61 Å². The fourth-order valence-electron chi connectivity index (χ4n) is 8.19. The average Bonchev–Trinajstić information content (AvgIpc) is 3.34. The maximum atomic E-state index is 12.6. The number of phosphoric acid groups is 1. The third-order valence-corrected chi connectivity index (χ3v) is 13.4. The van der Waals surface area contributed by atoms with Gasteiger partial charge in [0.05, 0.1) is 13.2 Å². The van der Waals surface area contributed by atoms with Crippen LogP contribution >= 0.6 is 7.82 Å². The summed E-state index contributed by atoms with van der Waals surface area (Å²) in [4.78, 5) is 34.9. The standard InChI is InChI=1S/C59H108NO8P/c1-3-5-7-9-11-13-14-15-16-17-18-19-20-21-22-23-24-25-26-27-28-29-30-31-32-33-34-35-36-37-38-39-40-41-42-44-46-48-50-52-59(62)68-57(56-67-69(63,64)66-54-53-60)55-65-58(61)51-49-47-45-43-12-10-8-6-4-2/h5,7,11,13,15-16,18-19,21-22,57H,3-4,6,8-10,12,14,17,20,23-56,60H2,1-2H3,(H,63,64)/b7-5-,13-11-,16-15-,19-18-,22-21-. The molecule has 0 aromatic rings. The first-order valence-corrected chi connectivity index (χ1v) is 30.3. The number of esters is 2. The van der Waals surface area contributed by atoms with Gasteiger partial charge in [-0.05, 0) is 57.8 Å². The smallest absolute Gasteiger partial charge is 0.462 e. The lowest BCUT2D eigenvalue weighted by molar-refractivity contribution is -0.161. The molecule has 0 aliphatic carbocycles. The van der Waals surface area contributed by atoms with Crippen LogP contribution in [0.4, 0.5) is 0 Å². The highest BCUT2D eigenvalue weighted by Crippen LogP contribution is 2.43. The van der Waals surface area contributed by atoms with Crippen LogP contribution in [0.25, 0.3) is 0 Å². The van der Waals surface area contributed by atoms with Crippen LogP contribution in [0.1, 0.15) is 271 Å². The first kappa shape index (κ1) is 66.7. The van der Waals surface area contributed by atoms with Crippen LogP contribution in [0.2, 0.25) is 0 Å². The summed E-state index contributed by atoms with van der Waals surface area (Å²) in [5, 5.41) is 0. The van der Waals surface area contributed by atoms with Crippen molar-refractivity contribution in [2.24, 2.45) is 5.73 Å². The Bertz CT molecular complexity index is 1310. The van der Waals surface area contributed by atoms with Gasteiger partial charge in [0, 0.05) is 19.4 Å². The molecule has 10 heteroatoms. The van der Waals surface area contributed by atoms with E-state index in [1.807, 2.05) is 0 Å². The van der Waals surface area contributed by atoms with E-state index >= 15 is 0 Å². The Labute approximate surface area is 425 Å². The van der Waals surface area contributed by atoms with E-state index in [2.05, 4.69) is 74.6 Å². The van der Waals surface area contributed by atoms with Gasteiger partial charge in [-0.2, -0.15) is 0 Å². The Morgan fingerprint density at radius 2 is 0.797 bits per heavy atom. The summed E-state index contributed by atoms with van der Waals surface area (Å²) in [5.74, 6) is -0.820. The molecule has 0 saturated heterocycles.